The van der Waals surface area contributed by atoms with E-state index in [4.69, 9.17) is 18.9 Å². The SMILES string of the molecule is C=C1C(=O)O[C@@H]2[C@H]3O[C@]3(C)CC/C=C(\C)[C@@H](OC(C(=O)OCC)c3ccccc3C(F)(F)F)C[C@@H]12. The Morgan fingerprint density at radius 2 is 2.03 bits per heavy atom. The number of carbonyl (C=O) groups excluding carboxylic acids is 2. The fourth-order valence-corrected chi connectivity index (χ4v) is 4.97. The monoisotopic (exact) mass is 494 g/mol. The number of alkyl halides is 3. The summed E-state index contributed by atoms with van der Waals surface area (Å²) in [6.07, 6.45) is -4.52. The third kappa shape index (κ3) is 5.02. The summed E-state index contributed by atoms with van der Waals surface area (Å²) >= 11 is 0. The van der Waals surface area contributed by atoms with Gasteiger partial charge < -0.3 is 18.9 Å². The molecule has 0 aromatic heterocycles. The Labute approximate surface area is 202 Å². The normalized spacial score (nSPS) is 33.0. The summed E-state index contributed by atoms with van der Waals surface area (Å²) in [6.45, 7) is 9.20. The predicted molar refractivity (Wildman–Crippen MR) is 119 cm³/mol. The van der Waals surface area contributed by atoms with Crippen LogP contribution in [-0.2, 0) is 34.7 Å². The molecule has 0 radical (unpaired) electrons. The summed E-state index contributed by atoms with van der Waals surface area (Å²) < 4.78 is 64.1. The van der Waals surface area contributed by atoms with Crippen LogP contribution in [0, 0.1) is 5.92 Å². The molecule has 1 aromatic carbocycles. The average Bonchev–Trinajstić information content (AvgIpc) is 3.38. The summed E-state index contributed by atoms with van der Waals surface area (Å²) in [5.41, 5.74) is -0.716. The van der Waals surface area contributed by atoms with Crippen LogP contribution in [0.5, 0.6) is 0 Å². The molecular weight excluding hydrogens is 465 g/mol. The molecule has 0 amide bonds. The molecule has 35 heavy (non-hydrogen) atoms. The quantitative estimate of drug-likeness (QED) is 0.246. The van der Waals surface area contributed by atoms with Crippen LogP contribution in [0.1, 0.15) is 57.3 Å². The zero-order chi connectivity index (χ0) is 25.5. The number of halogens is 3. The number of allylic oxidation sites excluding steroid dienone is 1. The second kappa shape index (κ2) is 9.43. The van der Waals surface area contributed by atoms with Gasteiger partial charge in [0.1, 0.15) is 12.2 Å². The Morgan fingerprint density at radius 3 is 2.71 bits per heavy atom. The van der Waals surface area contributed by atoms with Crippen LogP contribution in [0.4, 0.5) is 13.2 Å². The van der Waals surface area contributed by atoms with Crippen LogP contribution < -0.4 is 0 Å². The molecule has 2 fully saturated rings. The molecular formula is C26H29F3O6. The second-order valence-corrected chi connectivity index (χ2v) is 9.42. The lowest BCUT2D eigenvalue weighted by molar-refractivity contribution is -0.162. The molecule has 0 N–H and O–H groups in total. The van der Waals surface area contributed by atoms with Crippen molar-refractivity contribution in [2.45, 2.75) is 76.2 Å². The van der Waals surface area contributed by atoms with Crippen molar-refractivity contribution in [1.29, 1.82) is 0 Å². The van der Waals surface area contributed by atoms with Gasteiger partial charge in [-0.2, -0.15) is 13.2 Å². The molecule has 0 saturated carbocycles. The maximum absolute atomic E-state index is 13.8. The maximum Gasteiger partial charge on any atom is 0.416 e. The van der Waals surface area contributed by atoms with Gasteiger partial charge in [0.15, 0.2) is 6.10 Å². The highest BCUT2D eigenvalue weighted by atomic mass is 19.4. The third-order valence-corrected chi connectivity index (χ3v) is 7.02. The van der Waals surface area contributed by atoms with Gasteiger partial charge in [-0.05, 0) is 51.7 Å². The van der Waals surface area contributed by atoms with E-state index in [2.05, 4.69) is 6.58 Å². The zero-order valence-electron chi connectivity index (χ0n) is 19.9. The summed E-state index contributed by atoms with van der Waals surface area (Å²) in [7, 11) is 0. The molecule has 1 aliphatic carbocycles. The van der Waals surface area contributed by atoms with Crippen LogP contribution in [0.2, 0.25) is 0 Å². The minimum atomic E-state index is -4.69. The lowest BCUT2D eigenvalue weighted by atomic mass is 9.83. The Morgan fingerprint density at radius 1 is 1.31 bits per heavy atom. The first kappa shape index (κ1) is 25.4. The molecule has 2 heterocycles. The lowest BCUT2D eigenvalue weighted by Gasteiger charge is -2.30. The van der Waals surface area contributed by atoms with Gasteiger partial charge in [-0.25, -0.2) is 9.59 Å². The fraction of sp³-hybridized carbons (Fsp3) is 0.538. The van der Waals surface area contributed by atoms with E-state index in [9.17, 15) is 22.8 Å². The number of esters is 2. The number of epoxide rings is 1. The van der Waals surface area contributed by atoms with Gasteiger partial charge in [0.25, 0.3) is 0 Å². The number of rotatable bonds is 5. The van der Waals surface area contributed by atoms with E-state index in [0.29, 0.717) is 12.8 Å². The van der Waals surface area contributed by atoms with Crippen molar-refractivity contribution >= 4 is 11.9 Å². The number of carbonyl (C=O) groups is 2. The van der Waals surface area contributed by atoms with E-state index >= 15 is 0 Å². The highest BCUT2D eigenvalue weighted by Gasteiger charge is 2.62. The molecule has 190 valence electrons. The van der Waals surface area contributed by atoms with E-state index in [1.165, 1.54) is 18.2 Å². The first-order chi connectivity index (χ1) is 16.5. The van der Waals surface area contributed by atoms with Crippen LogP contribution in [-0.4, -0.2) is 42.5 Å². The predicted octanol–water partition coefficient (Wildman–Crippen LogP) is 5.08. The summed E-state index contributed by atoms with van der Waals surface area (Å²) in [5.74, 6) is -1.91. The lowest BCUT2D eigenvalue weighted by Crippen LogP contribution is -2.34. The summed E-state index contributed by atoms with van der Waals surface area (Å²) in [4.78, 5) is 25.2. The van der Waals surface area contributed by atoms with E-state index < -0.39 is 53.5 Å². The number of fused-ring (bicyclic) bond motifs is 3. The van der Waals surface area contributed by atoms with Crippen LogP contribution >= 0.6 is 0 Å². The molecule has 0 spiro atoms. The van der Waals surface area contributed by atoms with Crippen molar-refractivity contribution in [2.24, 2.45) is 5.92 Å². The standard InChI is InChI=1S/C26H29F3O6/c1-5-32-24(31)21(16-10-6-7-11-18(16)26(27,28)29)33-19-13-17-15(3)23(30)34-20(17)22-25(4,35-22)12-8-9-14(19)2/h6-7,9-11,17,19-22H,3,5,8,12-13H2,1-2,4H3/b14-9+/t17-,19-,20-,21?,22+,25+/m0/s1. The average molecular weight is 495 g/mol. The molecule has 3 aliphatic rings. The largest absolute Gasteiger partial charge is 0.464 e. The van der Waals surface area contributed by atoms with E-state index in [1.54, 1.807) is 13.8 Å². The van der Waals surface area contributed by atoms with Gasteiger partial charge in [0.05, 0.1) is 23.9 Å². The number of ether oxygens (including phenoxy) is 4. The van der Waals surface area contributed by atoms with Crippen molar-refractivity contribution in [3.63, 3.8) is 0 Å². The number of hydrogen-bond donors (Lipinski definition) is 0. The Balaban J connectivity index is 1.71. The molecule has 4 rings (SSSR count). The minimum absolute atomic E-state index is 0.0200. The van der Waals surface area contributed by atoms with Gasteiger partial charge >= 0.3 is 18.1 Å². The molecule has 6 atom stereocenters. The van der Waals surface area contributed by atoms with Gasteiger partial charge in [-0.1, -0.05) is 30.9 Å². The summed E-state index contributed by atoms with van der Waals surface area (Å²) in [6, 6.07) is 4.80. The molecule has 1 unspecified atom stereocenters. The second-order valence-electron chi connectivity index (χ2n) is 9.42. The highest BCUT2D eigenvalue weighted by Crippen LogP contribution is 2.50. The molecule has 9 heteroatoms. The van der Waals surface area contributed by atoms with Crippen molar-refractivity contribution in [2.75, 3.05) is 6.61 Å². The van der Waals surface area contributed by atoms with Crippen LogP contribution in [0.25, 0.3) is 0 Å². The first-order valence-electron chi connectivity index (χ1n) is 11.7. The van der Waals surface area contributed by atoms with Crippen molar-refractivity contribution in [1.82, 2.24) is 0 Å². The van der Waals surface area contributed by atoms with Crippen LogP contribution in [0.15, 0.2) is 48.1 Å². The first-order valence-corrected chi connectivity index (χ1v) is 11.7. The van der Waals surface area contributed by atoms with Gasteiger partial charge in [-0.3, -0.25) is 0 Å². The molecule has 0 bridgehead atoms. The third-order valence-electron chi connectivity index (χ3n) is 7.02. The maximum atomic E-state index is 13.8. The Kier molecular flexibility index (Phi) is 6.85. The van der Waals surface area contributed by atoms with Crippen LogP contribution in [0.3, 0.4) is 0 Å². The summed E-state index contributed by atoms with van der Waals surface area (Å²) in [5, 5.41) is 0. The van der Waals surface area contributed by atoms with Gasteiger partial charge in [-0.15, -0.1) is 0 Å². The molecule has 2 aliphatic heterocycles. The number of benzene rings is 1. The van der Waals surface area contributed by atoms with E-state index in [1.807, 2.05) is 13.0 Å². The van der Waals surface area contributed by atoms with Crippen molar-refractivity contribution in [3.8, 4) is 0 Å². The van der Waals surface area contributed by atoms with Gasteiger partial charge in [0, 0.05) is 17.1 Å². The minimum Gasteiger partial charge on any atom is -0.464 e. The molecule has 1 aromatic rings. The molecule has 6 nitrogen and oxygen atoms in total. The van der Waals surface area contributed by atoms with Crippen molar-refractivity contribution < 1.29 is 41.7 Å². The van der Waals surface area contributed by atoms with Gasteiger partial charge in [0.2, 0.25) is 0 Å². The highest BCUT2D eigenvalue weighted by molar-refractivity contribution is 5.91. The smallest absolute Gasteiger partial charge is 0.416 e. The zero-order valence-corrected chi connectivity index (χ0v) is 19.9. The van der Waals surface area contributed by atoms with E-state index in [-0.39, 0.29) is 30.3 Å². The Bertz CT molecular complexity index is 1050. The molecule has 2 saturated heterocycles. The van der Waals surface area contributed by atoms with Crippen molar-refractivity contribution in [3.05, 3.63) is 59.2 Å². The number of hydrogen-bond acceptors (Lipinski definition) is 6. The van der Waals surface area contributed by atoms with E-state index in [0.717, 1.165) is 11.6 Å². The fourth-order valence-electron chi connectivity index (χ4n) is 4.97. The topological polar surface area (TPSA) is 74.4 Å². The Hall–Kier alpha value is -2.65.